The lowest BCUT2D eigenvalue weighted by Gasteiger charge is -2.36. The van der Waals surface area contributed by atoms with Crippen LogP contribution in [0, 0.1) is 17.8 Å². The average Bonchev–Trinajstić information content (AvgIpc) is 2.48. The highest BCUT2D eigenvalue weighted by atomic mass is 16.2. The summed E-state index contributed by atoms with van der Waals surface area (Å²) in [6, 6.07) is 0.210. The number of likely N-dealkylation sites (tertiary alicyclic amines) is 1. The Morgan fingerprint density at radius 1 is 1.10 bits per heavy atom. The molecule has 0 bridgehead atoms. The highest BCUT2D eigenvalue weighted by Crippen LogP contribution is 2.32. The van der Waals surface area contributed by atoms with E-state index in [0.717, 1.165) is 31.8 Å². The van der Waals surface area contributed by atoms with E-state index in [1.807, 2.05) is 0 Å². The fraction of sp³-hybridized carbons (Fsp3) is 0.941. The number of hydrogen-bond donors (Lipinski definition) is 1. The van der Waals surface area contributed by atoms with Crippen molar-refractivity contribution in [2.45, 2.75) is 71.3 Å². The van der Waals surface area contributed by atoms with Crippen LogP contribution < -0.4 is 5.73 Å². The average molecular weight is 280 g/mol. The van der Waals surface area contributed by atoms with Crippen LogP contribution in [0.2, 0.25) is 0 Å². The minimum absolute atomic E-state index is 0.210. The van der Waals surface area contributed by atoms with Crippen LogP contribution in [-0.4, -0.2) is 29.9 Å². The summed E-state index contributed by atoms with van der Waals surface area (Å²) in [5, 5.41) is 0. The second-order valence-electron chi connectivity index (χ2n) is 7.18. The quantitative estimate of drug-likeness (QED) is 0.859. The van der Waals surface area contributed by atoms with Crippen LogP contribution in [0.4, 0.5) is 0 Å². The molecule has 1 amide bonds. The molecule has 2 fully saturated rings. The van der Waals surface area contributed by atoms with Gasteiger partial charge in [-0.25, -0.2) is 0 Å². The van der Waals surface area contributed by atoms with Gasteiger partial charge in [0.25, 0.3) is 0 Å². The van der Waals surface area contributed by atoms with Gasteiger partial charge >= 0.3 is 0 Å². The van der Waals surface area contributed by atoms with Gasteiger partial charge in [-0.2, -0.15) is 0 Å². The Kier molecular flexibility index (Phi) is 5.88. The third-order valence-corrected chi connectivity index (χ3v) is 5.51. The van der Waals surface area contributed by atoms with Gasteiger partial charge in [-0.15, -0.1) is 0 Å². The monoisotopic (exact) mass is 280 g/mol. The number of amides is 1. The molecule has 1 heterocycles. The number of carbonyl (C=O) groups excluding carboxylic acids is 1. The molecule has 0 aromatic carbocycles. The molecule has 2 rings (SSSR count). The second kappa shape index (κ2) is 7.44. The Balaban J connectivity index is 1.81. The van der Waals surface area contributed by atoms with Crippen molar-refractivity contribution >= 4 is 5.91 Å². The minimum Gasteiger partial charge on any atom is -0.342 e. The smallest absolute Gasteiger partial charge is 0.222 e. The molecule has 1 aliphatic carbocycles. The van der Waals surface area contributed by atoms with Crippen molar-refractivity contribution in [3.63, 3.8) is 0 Å². The topological polar surface area (TPSA) is 46.3 Å². The number of nitrogens with two attached hydrogens (primary N) is 1. The van der Waals surface area contributed by atoms with Gasteiger partial charge in [0.2, 0.25) is 5.91 Å². The molecular weight excluding hydrogens is 248 g/mol. The van der Waals surface area contributed by atoms with Crippen molar-refractivity contribution in [3.05, 3.63) is 0 Å². The molecule has 0 radical (unpaired) electrons. The summed E-state index contributed by atoms with van der Waals surface area (Å²) in [5.74, 6) is 2.20. The van der Waals surface area contributed by atoms with Crippen molar-refractivity contribution < 1.29 is 4.79 Å². The van der Waals surface area contributed by atoms with Gasteiger partial charge < -0.3 is 10.6 Å². The maximum Gasteiger partial charge on any atom is 0.222 e. The number of carbonyl (C=O) groups is 1. The molecule has 20 heavy (non-hydrogen) atoms. The van der Waals surface area contributed by atoms with Crippen molar-refractivity contribution in [3.8, 4) is 0 Å². The zero-order valence-electron chi connectivity index (χ0n) is 13.3. The summed E-state index contributed by atoms with van der Waals surface area (Å²) >= 11 is 0. The van der Waals surface area contributed by atoms with Gasteiger partial charge in [0.05, 0.1) is 0 Å². The fourth-order valence-electron chi connectivity index (χ4n) is 3.94. The van der Waals surface area contributed by atoms with Crippen LogP contribution in [0.25, 0.3) is 0 Å². The van der Waals surface area contributed by atoms with E-state index in [9.17, 15) is 4.79 Å². The number of nitrogens with zero attached hydrogens (tertiary/aromatic N) is 1. The molecule has 1 saturated carbocycles. The summed E-state index contributed by atoms with van der Waals surface area (Å²) in [6.07, 6.45) is 9.82. The van der Waals surface area contributed by atoms with Crippen LogP contribution in [0.1, 0.15) is 65.2 Å². The van der Waals surface area contributed by atoms with Crippen LogP contribution >= 0.6 is 0 Å². The van der Waals surface area contributed by atoms with E-state index in [4.69, 9.17) is 5.73 Å². The van der Waals surface area contributed by atoms with E-state index in [2.05, 4.69) is 18.7 Å². The van der Waals surface area contributed by atoms with Crippen molar-refractivity contribution in [2.24, 2.45) is 23.5 Å². The predicted octanol–water partition coefficient (Wildman–Crippen LogP) is 3.18. The van der Waals surface area contributed by atoms with E-state index < -0.39 is 0 Å². The molecule has 3 atom stereocenters. The molecular formula is C17H32N2O. The Morgan fingerprint density at radius 3 is 2.40 bits per heavy atom. The van der Waals surface area contributed by atoms with Crippen LogP contribution in [0.3, 0.4) is 0 Å². The zero-order valence-corrected chi connectivity index (χ0v) is 13.3. The van der Waals surface area contributed by atoms with Crippen molar-refractivity contribution in [1.29, 1.82) is 0 Å². The lowest BCUT2D eigenvalue weighted by molar-refractivity contribution is -0.134. The van der Waals surface area contributed by atoms with E-state index in [1.54, 1.807) is 0 Å². The molecule has 0 aromatic rings. The lowest BCUT2D eigenvalue weighted by atomic mass is 9.79. The minimum atomic E-state index is 0.210. The largest absolute Gasteiger partial charge is 0.342 e. The molecule has 0 aromatic heterocycles. The van der Waals surface area contributed by atoms with Gasteiger partial charge in [0.15, 0.2) is 0 Å². The zero-order chi connectivity index (χ0) is 14.5. The summed E-state index contributed by atoms with van der Waals surface area (Å²) in [6.45, 7) is 6.18. The molecule has 1 aliphatic heterocycles. The summed E-state index contributed by atoms with van der Waals surface area (Å²) in [4.78, 5) is 14.6. The third-order valence-electron chi connectivity index (χ3n) is 5.51. The van der Waals surface area contributed by atoms with Gasteiger partial charge in [-0.05, 0) is 37.5 Å². The van der Waals surface area contributed by atoms with E-state index in [0.29, 0.717) is 17.7 Å². The van der Waals surface area contributed by atoms with Gasteiger partial charge in [0.1, 0.15) is 0 Å². The maximum atomic E-state index is 12.5. The molecule has 0 spiro atoms. The summed E-state index contributed by atoms with van der Waals surface area (Å²) in [7, 11) is 0. The fourth-order valence-corrected chi connectivity index (χ4v) is 3.94. The summed E-state index contributed by atoms with van der Waals surface area (Å²) < 4.78 is 0. The predicted molar refractivity (Wildman–Crippen MR) is 83.3 cm³/mol. The number of hydrogen-bond acceptors (Lipinski definition) is 2. The van der Waals surface area contributed by atoms with Crippen molar-refractivity contribution in [2.75, 3.05) is 13.1 Å². The molecule has 2 N–H and O–H groups in total. The molecule has 3 heteroatoms. The summed E-state index contributed by atoms with van der Waals surface area (Å²) in [5.41, 5.74) is 6.01. The molecule has 2 aliphatic rings. The molecule has 116 valence electrons. The van der Waals surface area contributed by atoms with E-state index in [-0.39, 0.29) is 6.04 Å². The number of rotatable bonds is 4. The molecule has 1 saturated heterocycles. The van der Waals surface area contributed by atoms with Crippen molar-refractivity contribution in [1.82, 2.24) is 4.90 Å². The first-order valence-electron chi connectivity index (χ1n) is 8.61. The SMILES string of the molecule is CC(N)C1CCCN(C(=O)CC(C)C2CCCCC2)C1. The van der Waals surface area contributed by atoms with Gasteiger partial charge in [0, 0.05) is 25.6 Å². The number of piperidine rings is 1. The van der Waals surface area contributed by atoms with Gasteiger partial charge in [-0.3, -0.25) is 4.79 Å². The highest BCUT2D eigenvalue weighted by Gasteiger charge is 2.28. The van der Waals surface area contributed by atoms with E-state index in [1.165, 1.54) is 38.5 Å². The van der Waals surface area contributed by atoms with E-state index >= 15 is 0 Å². The first kappa shape index (κ1) is 15.8. The first-order chi connectivity index (χ1) is 9.58. The van der Waals surface area contributed by atoms with Crippen LogP contribution in [0.15, 0.2) is 0 Å². The standard InChI is InChI=1S/C17H32N2O/c1-13(15-7-4-3-5-8-15)11-17(20)19-10-6-9-16(12-19)14(2)18/h13-16H,3-12,18H2,1-2H3. The Labute approximate surface area is 124 Å². The van der Waals surface area contributed by atoms with Gasteiger partial charge in [-0.1, -0.05) is 39.0 Å². The maximum absolute atomic E-state index is 12.5. The molecule has 3 nitrogen and oxygen atoms in total. The lowest BCUT2D eigenvalue weighted by Crippen LogP contribution is -2.45. The highest BCUT2D eigenvalue weighted by molar-refractivity contribution is 5.76. The second-order valence-corrected chi connectivity index (χ2v) is 7.18. The van der Waals surface area contributed by atoms with Crippen LogP contribution in [-0.2, 0) is 4.79 Å². The first-order valence-corrected chi connectivity index (χ1v) is 8.61. The molecule has 3 unspecified atom stereocenters. The normalized spacial score (nSPS) is 28.1. The Hall–Kier alpha value is -0.570. The Morgan fingerprint density at radius 2 is 1.75 bits per heavy atom. The third kappa shape index (κ3) is 4.21. The van der Waals surface area contributed by atoms with Crippen LogP contribution in [0.5, 0.6) is 0 Å². The Bertz CT molecular complexity index is 310.